The molecule has 0 N–H and O–H groups in total. The summed E-state index contributed by atoms with van der Waals surface area (Å²) in [6.07, 6.45) is 0.462. The Bertz CT molecular complexity index is 459. The number of ether oxygens (including phenoxy) is 2. The third-order valence-electron chi connectivity index (χ3n) is 2.96. The molecule has 1 aliphatic rings. The minimum Gasteiger partial charge on any atom is -0.493 e. The Morgan fingerprint density at radius 2 is 1.94 bits per heavy atom. The van der Waals surface area contributed by atoms with Crippen LogP contribution in [0.15, 0.2) is 12.1 Å². The van der Waals surface area contributed by atoms with Gasteiger partial charge >= 0.3 is 5.97 Å². The van der Waals surface area contributed by atoms with E-state index in [1.807, 2.05) is 0 Å². The normalized spacial score (nSPS) is 22.1. The number of hydrogen-bond acceptors (Lipinski definition) is 3. The average molecular weight is 242 g/mol. The molecule has 0 spiro atoms. The summed E-state index contributed by atoms with van der Waals surface area (Å²) in [4.78, 5) is 11.3. The molecule has 0 heterocycles. The predicted molar refractivity (Wildman–Crippen MR) is 55.8 cm³/mol. The number of carbonyl (C=O) groups excluding carboxylic acids is 1. The molecule has 0 radical (unpaired) electrons. The van der Waals surface area contributed by atoms with Gasteiger partial charge in [-0.25, -0.2) is 8.78 Å². The van der Waals surface area contributed by atoms with Gasteiger partial charge in [0.05, 0.1) is 20.1 Å². The molecule has 5 heteroatoms. The van der Waals surface area contributed by atoms with E-state index in [0.29, 0.717) is 6.42 Å². The SMILES string of the molecule is COC(=O)[C@@H]1C[C@@H]1c1c(F)ccc(F)c1OC. The van der Waals surface area contributed by atoms with Crippen LogP contribution in [0, 0.1) is 17.6 Å². The van der Waals surface area contributed by atoms with Crippen LogP contribution in [0.1, 0.15) is 17.9 Å². The van der Waals surface area contributed by atoms with Crippen molar-refractivity contribution in [3.05, 3.63) is 29.3 Å². The molecule has 0 aromatic heterocycles. The summed E-state index contributed by atoms with van der Waals surface area (Å²) < 4.78 is 36.5. The number of carbonyl (C=O) groups is 1. The first-order valence-corrected chi connectivity index (χ1v) is 5.19. The molecule has 1 aliphatic carbocycles. The first kappa shape index (κ1) is 11.8. The zero-order valence-corrected chi connectivity index (χ0v) is 9.50. The van der Waals surface area contributed by atoms with E-state index in [0.717, 1.165) is 12.1 Å². The third-order valence-corrected chi connectivity index (χ3v) is 2.96. The topological polar surface area (TPSA) is 35.5 Å². The molecule has 1 aromatic carbocycles. The molecule has 1 aromatic rings. The lowest BCUT2D eigenvalue weighted by atomic mass is 10.1. The quantitative estimate of drug-likeness (QED) is 0.762. The lowest BCUT2D eigenvalue weighted by Gasteiger charge is -2.10. The van der Waals surface area contributed by atoms with Crippen molar-refractivity contribution in [1.82, 2.24) is 0 Å². The van der Waals surface area contributed by atoms with E-state index >= 15 is 0 Å². The summed E-state index contributed by atoms with van der Waals surface area (Å²) in [5.41, 5.74) is 0.128. The summed E-state index contributed by atoms with van der Waals surface area (Å²) in [6.45, 7) is 0. The fraction of sp³-hybridized carbons (Fsp3) is 0.417. The van der Waals surface area contributed by atoms with Gasteiger partial charge in [0.15, 0.2) is 11.6 Å². The van der Waals surface area contributed by atoms with Gasteiger partial charge in [0.25, 0.3) is 0 Å². The molecule has 2 rings (SSSR count). The van der Waals surface area contributed by atoms with Crippen LogP contribution in [0.5, 0.6) is 5.75 Å². The maximum atomic E-state index is 13.6. The number of methoxy groups -OCH3 is 2. The Hall–Kier alpha value is -1.65. The summed E-state index contributed by atoms with van der Waals surface area (Å²) in [6, 6.07) is 2.05. The zero-order chi connectivity index (χ0) is 12.6. The van der Waals surface area contributed by atoms with E-state index in [9.17, 15) is 13.6 Å². The van der Waals surface area contributed by atoms with E-state index in [1.54, 1.807) is 0 Å². The van der Waals surface area contributed by atoms with Crippen molar-refractivity contribution < 1.29 is 23.0 Å². The van der Waals surface area contributed by atoms with Gasteiger partial charge < -0.3 is 9.47 Å². The number of rotatable bonds is 3. The van der Waals surface area contributed by atoms with E-state index in [2.05, 4.69) is 4.74 Å². The molecule has 1 saturated carbocycles. The molecular weight excluding hydrogens is 230 g/mol. The number of esters is 1. The van der Waals surface area contributed by atoms with Crippen LogP contribution in [0.2, 0.25) is 0 Å². The molecule has 17 heavy (non-hydrogen) atoms. The van der Waals surface area contributed by atoms with Crippen molar-refractivity contribution in [1.29, 1.82) is 0 Å². The van der Waals surface area contributed by atoms with E-state index in [4.69, 9.17) is 4.74 Å². The molecule has 0 bridgehead atoms. The van der Waals surface area contributed by atoms with Gasteiger partial charge in [-0.2, -0.15) is 0 Å². The van der Waals surface area contributed by atoms with Gasteiger partial charge in [0.2, 0.25) is 0 Å². The first-order valence-electron chi connectivity index (χ1n) is 5.19. The summed E-state index contributed by atoms with van der Waals surface area (Å²) in [7, 11) is 2.55. The van der Waals surface area contributed by atoms with Gasteiger partial charge in [0, 0.05) is 11.5 Å². The largest absolute Gasteiger partial charge is 0.493 e. The molecule has 92 valence electrons. The molecule has 3 nitrogen and oxygen atoms in total. The Morgan fingerprint density at radius 3 is 2.53 bits per heavy atom. The average Bonchev–Trinajstić information content (AvgIpc) is 3.10. The highest BCUT2D eigenvalue weighted by atomic mass is 19.1. The Labute approximate surface area is 97.3 Å². The second-order valence-electron chi connectivity index (χ2n) is 3.95. The molecular formula is C12H12F2O3. The van der Waals surface area contributed by atoms with Crippen LogP contribution in [0.25, 0.3) is 0 Å². The maximum absolute atomic E-state index is 13.6. The summed E-state index contributed by atoms with van der Waals surface area (Å²) in [5.74, 6) is -2.46. The van der Waals surface area contributed by atoms with Crippen molar-refractivity contribution in [2.45, 2.75) is 12.3 Å². The highest BCUT2D eigenvalue weighted by Gasteiger charge is 2.48. The molecule has 0 aliphatic heterocycles. The van der Waals surface area contributed by atoms with E-state index in [-0.39, 0.29) is 17.2 Å². The van der Waals surface area contributed by atoms with E-state index < -0.39 is 23.5 Å². The standard InChI is InChI=1S/C12H12F2O3/c1-16-11-9(14)4-3-8(13)10(11)6-5-7(6)12(15)17-2/h3-4,6-7H,5H2,1-2H3/t6-,7+/m0/s1. The summed E-state index contributed by atoms with van der Waals surface area (Å²) >= 11 is 0. The smallest absolute Gasteiger partial charge is 0.309 e. The van der Waals surface area contributed by atoms with E-state index in [1.165, 1.54) is 14.2 Å². The first-order chi connectivity index (χ1) is 8.10. The van der Waals surface area contributed by atoms with Crippen molar-refractivity contribution in [2.75, 3.05) is 14.2 Å². The van der Waals surface area contributed by atoms with Crippen molar-refractivity contribution in [3.8, 4) is 5.75 Å². The minimum atomic E-state index is -0.626. The van der Waals surface area contributed by atoms with Gasteiger partial charge in [0.1, 0.15) is 5.82 Å². The highest BCUT2D eigenvalue weighted by Crippen LogP contribution is 2.52. The van der Waals surface area contributed by atoms with Crippen LogP contribution in [-0.4, -0.2) is 20.2 Å². The fourth-order valence-electron chi connectivity index (χ4n) is 2.03. The zero-order valence-electron chi connectivity index (χ0n) is 9.50. The summed E-state index contributed by atoms with van der Waals surface area (Å²) in [5, 5.41) is 0. The van der Waals surface area contributed by atoms with Crippen LogP contribution < -0.4 is 4.74 Å². The van der Waals surface area contributed by atoms with Gasteiger partial charge in [-0.15, -0.1) is 0 Å². The second-order valence-corrected chi connectivity index (χ2v) is 3.95. The van der Waals surface area contributed by atoms with Gasteiger partial charge in [-0.1, -0.05) is 0 Å². The van der Waals surface area contributed by atoms with Gasteiger partial charge in [-0.05, 0) is 18.6 Å². The van der Waals surface area contributed by atoms with Crippen molar-refractivity contribution in [2.24, 2.45) is 5.92 Å². The minimum absolute atomic E-state index is 0.124. The fourth-order valence-corrected chi connectivity index (χ4v) is 2.03. The van der Waals surface area contributed by atoms with Crippen LogP contribution in [0.3, 0.4) is 0 Å². The molecule has 1 fully saturated rings. The Balaban J connectivity index is 2.34. The molecule has 0 amide bonds. The lowest BCUT2D eigenvalue weighted by molar-refractivity contribution is -0.142. The molecule has 2 atom stereocenters. The van der Waals surface area contributed by atoms with Crippen LogP contribution in [0.4, 0.5) is 8.78 Å². The number of benzene rings is 1. The predicted octanol–water partition coefficient (Wildman–Crippen LogP) is 2.25. The van der Waals surface area contributed by atoms with Gasteiger partial charge in [-0.3, -0.25) is 4.79 Å². The van der Waals surface area contributed by atoms with Crippen LogP contribution in [-0.2, 0) is 9.53 Å². The molecule has 0 unspecified atom stereocenters. The second kappa shape index (κ2) is 4.31. The van der Waals surface area contributed by atoms with Crippen LogP contribution >= 0.6 is 0 Å². The maximum Gasteiger partial charge on any atom is 0.309 e. The Kier molecular flexibility index (Phi) is 3.00. The lowest BCUT2D eigenvalue weighted by Crippen LogP contribution is -2.06. The number of hydrogen-bond donors (Lipinski definition) is 0. The van der Waals surface area contributed by atoms with Crippen molar-refractivity contribution >= 4 is 5.97 Å². The highest BCUT2D eigenvalue weighted by molar-refractivity contribution is 5.77. The Morgan fingerprint density at radius 1 is 1.29 bits per heavy atom. The molecule has 0 saturated heterocycles. The van der Waals surface area contributed by atoms with Crippen molar-refractivity contribution in [3.63, 3.8) is 0 Å². The third kappa shape index (κ3) is 1.97. The number of halogens is 2. The monoisotopic (exact) mass is 242 g/mol.